The second-order valence-electron chi connectivity index (χ2n) is 4.80. The van der Waals surface area contributed by atoms with Gasteiger partial charge < -0.3 is 10.2 Å². The van der Waals surface area contributed by atoms with Crippen LogP contribution in [0.1, 0.15) is 18.4 Å². The Morgan fingerprint density at radius 2 is 1.78 bits per heavy atom. The highest BCUT2D eigenvalue weighted by atomic mass is 19.3. The molecule has 4 heteroatoms. The number of nitrogens with zero attached hydrogens (tertiary/aromatic N) is 1. The van der Waals surface area contributed by atoms with E-state index in [1.54, 1.807) is 18.2 Å². The molecule has 0 amide bonds. The predicted molar refractivity (Wildman–Crippen MR) is 68.9 cm³/mol. The Balaban J connectivity index is 1.71. The molecule has 1 aromatic carbocycles. The molecule has 1 aliphatic rings. The summed E-state index contributed by atoms with van der Waals surface area (Å²) in [4.78, 5) is 2.31. The van der Waals surface area contributed by atoms with Crippen LogP contribution in [0.3, 0.4) is 0 Å². The van der Waals surface area contributed by atoms with Gasteiger partial charge in [-0.15, -0.1) is 0 Å². The van der Waals surface area contributed by atoms with E-state index in [0.29, 0.717) is 6.54 Å². The normalized spacial score (nSPS) is 17.2. The third kappa shape index (κ3) is 3.75. The van der Waals surface area contributed by atoms with E-state index in [1.165, 1.54) is 25.0 Å². The molecule has 1 aliphatic heterocycles. The van der Waals surface area contributed by atoms with Crippen molar-refractivity contribution in [2.45, 2.75) is 18.8 Å². The van der Waals surface area contributed by atoms with Gasteiger partial charge in [-0.2, -0.15) is 8.78 Å². The second kappa shape index (κ2) is 6.25. The van der Waals surface area contributed by atoms with Crippen molar-refractivity contribution in [3.63, 3.8) is 0 Å². The number of benzene rings is 1. The minimum absolute atomic E-state index is 0.0821. The number of hydrogen-bond acceptors (Lipinski definition) is 2. The maximum Gasteiger partial charge on any atom is 0.285 e. The molecule has 0 unspecified atom stereocenters. The van der Waals surface area contributed by atoms with Crippen LogP contribution in [0.15, 0.2) is 30.3 Å². The first-order valence-electron chi connectivity index (χ1n) is 6.55. The fourth-order valence-corrected chi connectivity index (χ4v) is 2.27. The molecule has 1 saturated heterocycles. The van der Waals surface area contributed by atoms with Crippen LogP contribution in [0, 0.1) is 0 Å². The first kappa shape index (κ1) is 13.4. The Labute approximate surface area is 107 Å². The largest absolute Gasteiger partial charge is 0.310 e. The minimum Gasteiger partial charge on any atom is -0.310 e. The van der Waals surface area contributed by atoms with Crippen LogP contribution in [0.25, 0.3) is 0 Å². The maximum atomic E-state index is 13.8. The quantitative estimate of drug-likeness (QED) is 0.785. The van der Waals surface area contributed by atoms with Gasteiger partial charge in [0, 0.05) is 18.7 Å². The number of rotatable bonds is 6. The molecule has 0 spiro atoms. The molecule has 0 saturated carbocycles. The van der Waals surface area contributed by atoms with E-state index in [1.807, 2.05) is 0 Å². The zero-order valence-corrected chi connectivity index (χ0v) is 10.5. The first-order chi connectivity index (χ1) is 8.68. The Bertz CT molecular complexity index is 348. The molecule has 1 fully saturated rings. The minimum atomic E-state index is -2.79. The Hall–Kier alpha value is -1.00. The maximum absolute atomic E-state index is 13.8. The fourth-order valence-electron chi connectivity index (χ4n) is 2.27. The Kier molecular flexibility index (Phi) is 4.66. The van der Waals surface area contributed by atoms with Crippen LogP contribution in [-0.4, -0.2) is 37.6 Å². The molecule has 2 rings (SSSR count). The zero-order valence-electron chi connectivity index (χ0n) is 10.5. The Morgan fingerprint density at radius 3 is 2.44 bits per heavy atom. The van der Waals surface area contributed by atoms with Gasteiger partial charge in [-0.05, 0) is 25.9 Å². The molecule has 0 atom stereocenters. The van der Waals surface area contributed by atoms with Crippen molar-refractivity contribution in [1.29, 1.82) is 0 Å². The lowest BCUT2D eigenvalue weighted by atomic mass is 10.1. The molecule has 0 bridgehead atoms. The monoisotopic (exact) mass is 254 g/mol. The van der Waals surface area contributed by atoms with E-state index < -0.39 is 5.92 Å². The Morgan fingerprint density at radius 1 is 1.11 bits per heavy atom. The van der Waals surface area contributed by atoms with E-state index >= 15 is 0 Å². The highest BCUT2D eigenvalue weighted by molar-refractivity contribution is 5.20. The third-order valence-corrected chi connectivity index (χ3v) is 3.35. The fraction of sp³-hybridized carbons (Fsp3) is 0.571. The molecule has 1 aromatic rings. The van der Waals surface area contributed by atoms with Crippen LogP contribution in [0.2, 0.25) is 0 Å². The molecule has 0 radical (unpaired) electrons. The van der Waals surface area contributed by atoms with Crippen molar-refractivity contribution < 1.29 is 8.78 Å². The number of likely N-dealkylation sites (tertiary alicyclic amines) is 1. The molecular formula is C14H20F2N2. The predicted octanol–water partition coefficient (Wildman–Crippen LogP) is 2.46. The molecule has 1 N–H and O–H groups in total. The number of nitrogens with one attached hydrogen (secondary N) is 1. The van der Waals surface area contributed by atoms with Crippen LogP contribution in [-0.2, 0) is 5.92 Å². The summed E-state index contributed by atoms with van der Waals surface area (Å²) in [6, 6.07) is 7.99. The SMILES string of the molecule is FC(F)(CNCCN1CCCC1)c1ccccc1. The topological polar surface area (TPSA) is 15.3 Å². The number of alkyl halides is 2. The number of halogens is 2. The molecular weight excluding hydrogens is 234 g/mol. The molecule has 1 heterocycles. The second-order valence-corrected chi connectivity index (χ2v) is 4.80. The summed E-state index contributed by atoms with van der Waals surface area (Å²) in [7, 11) is 0. The molecule has 100 valence electrons. The first-order valence-corrected chi connectivity index (χ1v) is 6.55. The molecule has 0 aromatic heterocycles. The van der Waals surface area contributed by atoms with Crippen molar-refractivity contribution in [3.05, 3.63) is 35.9 Å². The van der Waals surface area contributed by atoms with Gasteiger partial charge in [0.2, 0.25) is 0 Å². The summed E-state index contributed by atoms with van der Waals surface area (Å²) < 4.78 is 27.6. The van der Waals surface area contributed by atoms with E-state index in [4.69, 9.17) is 0 Å². The van der Waals surface area contributed by atoms with Crippen molar-refractivity contribution in [2.24, 2.45) is 0 Å². The van der Waals surface area contributed by atoms with Crippen LogP contribution < -0.4 is 5.32 Å². The zero-order chi connectivity index (χ0) is 12.8. The van der Waals surface area contributed by atoms with Gasteiger partial charge in [0.25, 0.3) is 5.92 Å². The summed E-state index contributed by atoms with van der Waals surface area (Å²) in [6.07, 6.45) is 2.47. The van der Waals surface area contributed by atoms with Crippen molar-refractivity contribution in [1.82, 2.24) is 10.2 Å². The lowest BCUT2D eigenvalue weighted by molar-refractivity contribution is -0.00329. The third-order valence-electron chi connectivity index (χ3n) is 3.35. The van der Waals surface area contributed by atoms with Gasteiger partial charge >= 0.3 is 0 Å². The van der Waals surface area contributed by atoms with Gasteiger partial charge in [0.05, 0.1) is 6.54 Å². The molecule has 18 heavy (non-hydrogen) atoms. The lowest BCUT2D eigenvalue weighted by Crippen LogP contribution is -2.36. The van der Waals surface area contributed by atoms with Gasteiger partial charge in [0.15, 0.2) is 0 Å². The summed E-state index contributed by atoms with van der Waals surface area (Å²) in [5.41, 5.74) is 0.0821. The van der Waals surface area contributed by atoms with Crippen LogP contribution in [0.4, 0.5) is 8.78 Å². The highest BCUT2D eigenvalue weighted by Crippen LogP contribution is 2.26. The van der Waals surface area contributed by atoms with E-state index in [2.05, 4.69) is 10.2 Å². The van der Waals surface area contributed by atoms with Crippen LogP contribution >= 0.6 is 0 Å². The van der Waals surface area contributed by atoms with E-state index in [0.717, 1.165) is 19.6 Å². The van der Waals surface area contributed by atoms with Gasteiger partial charge in [0.1, 0.15) is 0 Å². The van der Waals surface area contributed by atoms with Crippen molar-refractivity contribution in [3.8, 4) is 0 Å². The van der Waals surface area contributed by atoms with Gasteiger partial charge in [-0.25, -0.2) is 0 Å². The average Bonchev–Trinajstić information content (AvgIpc) is 2.89. The summed E-state index contributed by atoms with van der Waals surface area (Å²) >= 11 is 0. The van der Waals surface area contributed by atoms with E-state index in [9.17, 15) is 8.78 Å². The van der Waals surface area contributed by atoms with E-state index in [-0.39, 0.29) is 12.1 Å². The summed E-state index contributed by atoms with van der Waals surface area (Å²) in [5, 5.41) is 2.86. The average molecular weight is 254 g/mol. The van der Waals surface area contributed by atoms with Crippen molar-refractivity contribution >= 4 is 0 Å². The van der Waals surface area contributed by atoms with Crippen molar-refractivity contribution in [2.75, 3.05) is 32.7 Å². The summed E-state index contributed by atoms with van der Waals surface area (Å²) in [5.74, 6) is -2.79. The standard InChI is InChI=1S/C14H20F2N2/c15-14(16,13-6-2-1-3-7-13)12-17-8-11-18-9-4-5-10-18/h1-3,6-7,17H,4-5,8-12H2. The molecule has 2 nitrogen and oxygen atoms in total. The highest BCUT2D eigenvalue weighted by Gasteiger charge is 2.30. The molecule has 0 aliphatic carbocycles. The summed E-state index contributed by atoms with van der Waals surface area (Å²) in [6.45, 7) is 3.42. The van der Waals surface area contributed by atoms with Crippen LogP contribution in [0.5, 0.6) is 0 Å². The van der Waals surface area contributed by atoms with Gasteiger partial charge in [-0.1, -0.05) is 30.3 Å². The lowest BCUT2D eigenvalue weighted by Gasteiger charge is -2.19. The smallest absolute Gasteiger partial charge is 0.285 e. The number of hydrogen-bond donors (Lipinski definition) is 1. The van der Waals surface area contributed by atoms with Gasteiger partial charge in [-0.3, -0.25) is 0 Å².